The van der Waals surface area contributed by atoms with Gasteiger partial charge in [-0.25, -0.2) is 9.59 Å². The SMILES string of the molecule is CCCCC(=O)Cl.CCCCC(=O)N(Cc1ccc(-c2ccccc2-c2nn[nH]n2)cc1)[C@H](C(=O)O)C(C)C.CCCCC(=O)N(Cc1ccc(-c2ccccc2C#N)cc1)[C@H](C(=O)OC)C(C)C.COC(=O)[C@@H](N)C(C)C.COC(=O)[C@@H](NCc1ccc(-c2ccccc2C#N)cc1)C(C)C.Cl.N#Cc1ccccc1-c1ccc(CBr)cc1.[Na+].[OH-]. The van der Waals surface area contributed by atoms with Gasteiger partial charge in [-0.05, 0) is 145 Å². The number of hydrogen-bond acceptors (Lipinski definition) is 19. The topological polar surface area (TPSA) is 368 Å². The number of aliphatic carboxylic acids is 1. The number of methoxy groups -OCH3 is 3. The van der Waals surface area contributed by atoms with Gasteiger partial charge in [0.2, 0.25) is 22.9 Å². The van der Waals surface area contributed by atoms with Crippen LogP contribution < -0.4 is 40.6 Å². The molecule has 0 aliphatic heterocycles. The molecule has 6 N–H and O–H groups in total. The molecule has 4 atom stereocenters. The van der Waals surface area contributed by atoms with Gasteiger partial charge in [0.05, 0.1) is 56.2 Å². The molecule has 23 nitrogen and oxygen atoms in total. The van der Waals surface area contributed by atoms with Crippen molar-refractivity contribution in [1.29, 1.82) is 15.8 Å². The molecule has 0 radical (unpaired) electrons. The van der Waals surface area contributed by atoms with Crippen molar-refractivity contribution >= 4 is 80.9 Å². The summed E-state index contributed by atoms with van der Waals surface area (Å²) in [5, 5.41) is 55.5. The second-order valence-electron chi connectivity index (χ2n) is 29.0. The number of carbonyl (C=O) groups excluding carboxylic acids is 6. The van der Waals surface area contributed by atoms with Crippen molar-refractivity contribution in [3.05, 3.63) is 233 Å². The van der Waals surface area contributed by atoms with E-state index in [2.05, 4.69) is 76.9 Å². The number of carboxylic acid groups (broad SMARTS) is 1. The minimum atomic E-state index is -0.976. The third-order valence-corrected chi connectivity index (χ3v) is 19.7. The van der Waals surface area contributed by atoms with Gasteiger partial charge in [-0.15, -0.1) is 22.6 Å². The monoisotopic (exact) mass is 1760 g/mol. The summed E-state index contributed by atoms with van der Waals surface area (Å²) >= 11 is 8.43. The quantitative estimate of drug-likeness (QED) is 0.01000. The Labute approximate surface area is 755 Å². The number of nitrogens with one attached hydrogen (secondary N) is 2. The molecular weight excluding hydrogens is 1650 g/mol. The van der Waals surface area contributed by atoms with Crippen molar-refractivity contribution in [3.8, 4) is 74.1 Å². The number of aromatic nitrogens is 4. The van der Waals surface area contributed by atoms with E-state index in [4.69, 9.17) is 32.1 Å². The van der Waals surface area contributed by atoms with Crippen molar-refractivity contribution < 1.29 is 87.9 Å². The summed E-state index contributed by atoms with van der Waals surface area (Å²) in [4.78, 5) is 85.6. The summed E-state index contributed by atoms with van der Waals surface area (Å²) in [5.41, 5.74) is 20.1. The fourth-order valence-corrected chi connectivity index (χ4v) is 12.7. The molecule has 0 aliphatic carbocycles. The number of rotatable bonds is 32. The average molecular weight is 1760 g/mol. The summed E-state index contributed by atoms with van der Waals surface area (Å²) in [6.07, 6.45) is 6.56. The molecule has 0 saturated carbocycles. The normalized spacial score (nSPS) is 11.2. The molecule has 9 rings (SSSR count). The minimum absolute atomic E-state index is 0. The first-order valence-corrected chi connectivity index (χ1v) is 41.1. The predicted molar refractivity (Wildman–Crippen MR) is 476 cm³/mol. The van der Waals surface area contributed by atoms with E-state index >= 15 is 0 Å². The molecule has 1 heterocycles. The number of carbonyl (C=O) groups is 7. The number of esters is 3. The smallest absolute Gasteiger partial charge is 0.870 e. The molecule has 0 aliphatic rings. The van der Waals surface area contributed by atoms with Crippen LogP contribution >= 0.6 is 39.9 Å². The van der Waals surface area contributed by atoms with E-state index in [0.29, 0.717) is 54.9 Å². The standard InChI is InChI=1S/C25H30N2O3.C24H29N5O3.C20H22N2O2.C14H10BrN.C6H13NO2.C5H9ClO.ClH.Na.H2O/c1-5-6-11-23(28)27(24(18(2)3)25(29)30-4)17-19-12-14-20(15-13-19)22-10-8-7-9-21(22)16-26;1-4-5-10-21(30)29(22(16(2)3)24(31)32)15-17-11-13-18(14-12-17)19-8-6-7-9-20(19)23-25-27-28-26-23;1-14(2)19(20(23)24-3)22-13-15-8-10-16(11-9-15)18-7-5-4-6-17(18)12-21;15-9-11-5-7-12(8-6-11)14-4-2-1-3-13(14)10-16;1-4(2)5(7)6(8)9-3;1-2-3-4-5(6)7;;;/h7-10,12-15,18,24H,5-6,11,17H2,1-4H3;6-9,11-14,16,22H,4-5,10,15H2,1-3H3,(H,31,32)(H,25,26,27,28);4-11,14,19,22H,13H2,1-3H3;1-8H,9H2;4-5H,7H2,1-3H3;2-4H2,1H3;1H;;1H2/q;;;;;;;+1;/p-1/t24-;22-;19-;;5-;;;;/m000.0..../s1. The number of ether oxygens (including phenoxy) is 3. The maximum atomic E-state index is 12.9. The zero-order chi connectivity index (χ0) is 87.2. The van der Waals surface area contributed by atoms with Gasteiger partial charge in [-0.1, -0.05) is 287 Å². The Hall–Kier alpha value is -10.3. The van der Waals surface area contributed by atoms with E-state index in [1.807, 2.05) is 252 Å². The first-order chi connectivity index (χ1) is 56.6. The van der Waals surface area contributed by atoms with Crippen LogP contribution in [0.5, 0.6) is 0 Å². The molecule has 121 heavy (non-hydrogen) atoms. The van der Waals surface area contributed by atoms with E-state index in [-0.39, 0.29) is 113 Å². The van der Waals surface area contributed by atoms with Crippen LogP contribution in [-0.4, -0.2) is 127 Å². The fourth-order valence-electron chi connectivity index (χ4n) is 12.2. The molecule has 1 aromatic heterocycles. The molecular formula is C94H115BrCl2N11NaO12. The summed E-state index contributed by atoms with van der Waals surface area (Å²) in [6.45, 7) is 22.5. The van der Waals surface area contributed by atoms with Gasteiger partial charge in [-0.2, -0.15) is 21.0 Å². The van der Waals surface area contributed by atoms with Crippen molar-refractivity contribution in [2.24, 2.45) is 29.4 Å². The number of alkyl halides is 1. The number of H-pyrrole nitrogens is 1. The largest absolute Gasteiger partial charge is 1.00 e. The Morgan fingerprint density at radius 2 is 0.835 bits per heavy atom. The molecule has 27 heteroatoms. The molecule has 0 saturated heterocycles. The number of nitrogens with zero attached hydrogens (tertiary/aromatic N) is 8. The molecule has 8 aromatic carbocycles. The number of hydrogen-bond donors (Lipinski definition) is 4. The number of tetrazole rings is 1. The first kappa shape index (κ1) is 109. The third kappa shape index (κ3) is 36.1. The first-order valence-electron chi connectivity index (χ1n) is 39.6. The number of nitriles is 3. The van der Waals surface area contributed by atoms with Crippen LogP contribution in [0.3, 0.4) is 0 Å². The number of carboxylic acids is 1. The Morgan fingerprint density at radius 3 is 1.14 bits per heavy atom. The van der Waals surface area contributed by atoms with Gasteiger partial charge in [0.1, 0.15) is 24.2 Å². The molecule has 0 bridgehead atoms. The molecule has 9 aromatic rings. The fraction of sp³-hybridized carbons (Fsp3) is 0.372. The Morgan fingerprint density at radius 1 is 0.488 bits per heavy atom. The molecule has 0 unspecified atom stereocenters. The van der Waals surface area contributed by atoms with Gasteiger partial charge in [0, 0.05) is 49.8 Å². The van der Waals surface area contributed by atoms with E-state index in [1.165, 1.54) is 31.8 Å². The minimum Gasteiger partial charge on any atom is -0.870 e. The Bertz CT molecular complexity index is 4730. The summed E-state index contributed by atoms with van der Waals surface area (Å²) in [6, 6.07) is 66.6. The second-order valence-corrected chi connectivity index (χ2v) is 30.0. The zero-order valence-corrected chi connectivity index (χ0v) is 77.2. The Balaban J connectivity index is 0.000000766. The van der Waals surface area contributed by atoms with Crippen LogP contribution in [0, 0.1) is 57.7 Å². The maximum absolute atomic E-state index is 12.9. The zero-order valence-electron chi connectivity index (χ0n) is 72.1. The average Bonchev–Trinajstić information content (AvgIpc) is 1.80. The summed E-state index contributed by atoms with van der Waals surface area (Å²) in [5.74, 6) is -1.57. The Kier molecular flexibility index (Phi) is 53.4. The summed E-state index contributed by atoms with van der Waals surface area (Å²) < 4.78 is 14.2. The van der Waals surface area contributed by atoms with Gasteiger partial charge >= 0.3 is 53.4 Å². The molecule has 0 fully saturated rings. The molecule has 2 amide bonds. The van der Waals surface area contributed by atoms with Crippen molar-refractivity contribution in [2.75, 3.05) is 21.3 Å². The maximum Gasteiger partial charge on any atom is 1.00 e. The van der Waals surface area contributed by atoms with Crippen LogP contribution in [-0.2, 0) is 72.7 Å². The van der Waals surface area contributed by atoms with Crippen LogP contribution in [0.25, 0.3) is 55.9 Å². The third-order valence-electron chi connectivity index (χ3n) is 18.9. The predicted octanol–water partition coefficient (Wildman–Crippen LogP) is 16.1. The number of unbranched alkanes of at least 4 members (excludes halogenated alkanes) is 3. The van der Waals surface area contributed by atoms with E-state index in [1.54, 1.807) is 11.0 Å². The number of halogens is 3. The van der Waals surface area contributed by atoms with Crippen LogP contribution in [0.2, 0.25) is 0 Å². The van der Waals surface area contributed by atoms with Crippen molar-refractivity contribution in [1.82, 2.24) is 35.7 Å². The van der Waals surface area contributed by atoms with E-state index in [9.17, 15) is 49.2 Å². The van der Waals surface area contributed by atoms with Gasteiger partial charge in [-0.3, -0.25) is 24.0 Å². The van der Waals surface area contributed by atoms with E-state index in [0.717, 1.165) is 111 Å². The van der Waals surface area contributed by atoms with Crippen molar-refractivity contribution in [2.45, 2.75) is 183 Å². The van der Waals surface area contributed by atoms with E-state index < -0.39 is 30.1 Å². The number of amides is 2. The molecule has 640 valence electrons. The molecule has 0 spiro atoms. The van der Waals surface area contributed by atoms with Crippen LogP contribution in [0.4, 0.5) is 0 Å². The van der Waals surface area contributed by atoms with Crippen LogP contribution in [0.15, 0.2) is 194 Å². The number of nitrogens with two attached hydrogens (primary N) is 1. The van der Waals surface area contributed by atoms with Crippen LogP contribution in [0.1, 0.15) is 173 Å². The number of aromatic amines is 1. The summed E-state index contributed by atoms with van der Waals surface area (Å²) in [7, 11) is 4.10. The van der Waals surface area contributed by atoms with Crippen molar-refractivity contribution in [3.63, 3.8) is 0 Å². The van der Waals surface area contributed by atoms with Gasteiger partial charge in [0.25, 0.3) is 0 Å². The van der Waals surface area contributed by atoms with Gasteiger partial charge < -0.3 is 45.6 Å². The second kappa shape index (κ2) is 59.4. The van der Waals surface area contributed by atoms with Gasteiger partial charge in [0.15, 0.2) is 0 Å². The number of benzene rings is 8.